The van der Waals surface area contributed by atoms with Crippen LogP contribution in [0.3, 0.4) is 0 Å². The molecule has 1 saturated heterocycles. The molecule has 29 heavy (non-hydrogen) atoms. The number of carbonyl (C=O) groups is 1. The van der Waals surface area contributed by atoms with E-state index in [1.54, 1.807) is 24.3 Å². The summed E-state index contributed by atoms with van der Waals surface area (Å²) in [6.45, 7) is 0.718. The zero-order valence-electron chi connectivity index (χ0n) is 15.6. The normalized spacial score (nSPS) is 15.9. The van der Waals surface area contributed by atoms with Gasteiger partial charge in [0, 0.05) is 36.3 Å². The lowest BCUT2D eigenvalue weighted by Crippen LogP contribution is -2.50. The molecular formula is C20H21BrF3N3O2. The fraction of sp³-hybridized carbons (Fsp3) is 0.350. The highest BCUT2D eigenvalue weighted by Gasteiger charge is 2.32. The van der Waals surface area contributed by atoms with E-state index in [4.69, 9.17) is 4.74 Å². The molecule has 1 aliphatic rings. The van der Waals surface area contributed by atoms with Crippen molar-refractivity contribution >= 4 is 27.5 Å². The summed E-state index contributed by atoms with van der Waals surface area (Å²) in [5, 5.41) is 2.80. The smallest absolute Gasteiger partial charge is 0.401 e. The molecule has 0 bridgehead atoms. The van der Waals surface area contributed by atoms with Crippen LogP contribution in [0.2, 0.25) is 0 Å². The highest BCUT2D eigenvalue weighted by atomic mass is 79.9. The standard InChI is InChI=1S/C20H21BrF3N3O2/c21-15-1-5-17(6-2-15)29-18-7-3-16(4-8-18)25-19(28)13-26-9-11-27(12-10-26)14-20(22,23)24/h1-8H,9-14H2,(H,25,28). The Morgan fingerprint density at radius 3 is 2.00 bits per heavy atom. The molecular weight excluding hydrogens is 451 g/mol. The number of piperazine rings is 1. The van der Waals surface area contributed by atoms with Crippen molar-refractivity contribution < 1.29 is 22.7 Å². The maximum absolute atomic E-state index is 12.4. The summed E-state index contributed by atoms with van der Waals surface area (Å²) in [6, 6.07) is 14.4. The van der Waals surface area contributed by atoms with E-state index >= 15 is 0 Å². The number of rotatable bonds is 6. The molecule has 2 aromatic carbocycles. The Labute approximate surface area is 175 Å². The highest BCUT2D eigenvalue weighted by Crippen LogP contribution is 2.24. The number of ether oxygens (including phenoxy) is 1. The van der Waals surface area contributed by atoms with Crippen molar-refractivity contribution in [1.82, 2.24) is 9.80 Å². The summed E-state index contributed by atoms with van der Waals surface area (Å²) in [7, 11) is 0. The van der Waals surface area contributed by atoms with Crippen LogP contribution in [-0.4, -0.2) is 61.2 Å². The Balaban J connectivity index is 1.43. The van der Waals surface area contributed by atoms with Gasteiger partial charge in [-0.3, -0.25) is 14.6 Å². The van der Waals surface area contributed by atoms with E-state index in [1.165, 1.54) is 4.90 Å². The van der Waals surface area contributed by atoms with Crippen LogP contribution >= 0.6 is 15.9 Å². The first-order chi connectivity index (χ1) is 13.8. The lowest BCUT2D eigenvalue weighted by atomic mass is 10.2. The molecule has 2 aromatic rings. The highest BCUT2D eigenvalue weighted by molar-refractivity contribution is 9.10. The SMILES string of the molecule is O=C(CN1CCN(CC(F)(F)F)CC1)Nc1ccc(Oc2ccc(Br)cc2)cc1. The monoisotopic (exact) mass is 471 g/mol. The quantitative estimate of drug-likeness (QED) is 0.679. The van der Waals surface area contributed by atoms with Gasteiger partial charge in [-0.2, -0.15) is 13.2 Å². The minimum Gasteiger partial charge on any atom is -0.457 e. The fourth-order valence-electron chi connectivity index (χ4n) is 3.01. The average Bonchev–Trinajstić information content (AvgIpc) is 2.66. The van der Waals surface area contributed by atoms with E-state index in [0.29, 0.717) is 43.4 Å². The van der Waals surface area contributed by atoms with Gasteiger partial charge >= 0.3 is 6.18 Å². The van der Waals surface area contributed by atoms with Gasteiger partial charge in [-0.15, -0.1) is 0 Å². The van der Waals surface area contributed by atoms with Gasteiger partial charge in [-0.1, -0.05) is 15.9 Å². The Hall–Kier alpha value is -2.10. The lowest BCUT2D eigenvalue weighted by Gasteiger charge is -2.34. The van der Waals surface area contributed by atoms with E-state index in [9.17, 15) is 18.0 Å². The number of carbonyl (C=O) groups excluding carboxylic acids is 1. The van der Waals surface area contributed by atoms with Gasteiger partial charge in [0.05, 0.1) is 13.1 Å². The second-order valence-electron chi connectivity index (χ2n) is 6.80. The molecule has 0 atom stereocenters. The minimum absolute atomic E-state index is 0.150. The molecule has 1 N–H and O–H groups in total. The number of alkyl halides is 3. The zero-order valence-corrected chi connectivity index (χ0v) is 17.2. The van der Waals surface area contributed by atoms with Gasteiger partial charge in [0.25, 0.3) is 0 Å². The number of nitrogens with one attached hydrogen (secondary N) is 1. The van der Waals surface area contributed by atoms with Crippen molar-refractivity contribution in [3.63, 3.8) is 0 Å². The Kier molecular flexibility index (Phi) is 7.15. The zero-order chi connectivity index (χ0) is 20.9. The van der Waals surface area contributed by atoms with Crippen LogP contribution in [-0.2, 0) is 4.79 Å². The van der Waals surface area contributed by atoms with Crippen molar-refractivity contribution in [3.8, 4) is 11.5 Å². The third kappa shape index (κ3) is 7.34. The Morgan fingerprint density at radius 2 is 1.45 bits per heavy atom. The first kappa shape index (κ1) is 21.6. The van der Waals surface area contributed by atoms with Gasteiger partial charge in [0.2, 0.25) is 5.91 Å². The summed E-state index contributed by atoms with van der Waals surface area (Å²) in [4.78, 5) is 15.4. The molecule has 1 fully saturated rings. The largest absolute Gasteiger partial charge is 0.457 e. The van der Waals surface area contributed by atoms with Crippen molar-refractivity contribution in [2.45, 2.75) is 6.18 Å². The van der Waals surface area contributed by atoms with Gasteiger partial charge in [-0.05, 0) is 48.5 Å². The number of hydrogen-bond donors (Lipinski definition) is 1. The van der Waals surface area contributed by atoms with Crippen LogP contribution in [0, 0.1) is 0 Å². The second kappa shape index (κ2) is 9.60. The molecule has 0 aromatic heterocycles. The van der Waals surface area contributed by atoms with Crippen LogP contribution in [0.5, 0.6) is 11.5 Å². The van der Waals surface area contributed by atoms with Gasteiger partial charge in [-0.25, -0.2) is 0 Å². The molecule has 1 heterocycles. The number of hydrogen-bond acceptors (Lipinski definition) is 4. The summed E-state index contributed by atoms with van der Waals surface area (Å²) in [5.41, 5.74) is 0.633. The van der Waals surface area contributed by atoms with Gasteiger partial charge in [0.1, 0.15) is 11.5 Å². The molecule has 9 heteroatoms. The predicted octanol–water partition coefficient (Wildman–Crippen LogP) is 4.36. The summed E-state index contributed by atoms with van der Waals surface area (Å²) >= 11 is 3.37. The maximum Gasteiger partial charge on any atom is 0.401 e. The van der Waals surface area contributed by atoms with E-state index < -0.39 is 12.7 Å². The Bertz CT molecular complexity index is 805. The minimum atomic E-state index is -4.19. The van der Waals surface area contributed by atoms with Crippen molar-refractivity contribution in [2.75, 3.05) is 44.6 Å². The van der Waals surface area contributed by atoms with Crippen LogP contribution in [0.1, 0.15) is 0 Å². The topological polar surface area (TPSA) is 44.8 Å². The van der Waals surface area contributed by atoms with Crippen molar-refractivity contribution in [1.29, 1.82) is 0 Å². The van der Waals surface area contributed by atoms with Crippen LogP contribution < -0.4 is 10.1 Å². The molecule has 1 aliphatic heterocycles. The first-order valence-electron chi connectivity index (χ1n) is 9.12. The number of halogens is 4. The second-order valence-corrected chi connectivity index (χ2v) is 7.71. The van der Waals surface area contributed by atoms with Gasteiger partial charge in [0.15, 0.2) is 0 Å². The van der Waals surface area contributed by atoms with Gasteiger partial charge < -0.3 is 10.1 Å². The molecule has 0 saturated carbocycles. The van der Waals surface area contributed by atoms with Crippen molar-refractivity contribution in [3.05, 3.63) is 53.0 Å². The third-order valence-electron chi connectivity index (χ3n) is 4.42. The molecule has 0 unspecified atom stereocenters. The molecule has 0 spiro atoms. The number of amides is 1. The number of anilines is 1. The predicted molar refractivity (Wildman–Crippen MR) is 108 cm³/mol. The molecule has 1 amide bonds. The first-order valence-corrected chi connectivity index (χ1v) is 9.91. The number of nitrogens with zero attached hydrogens (tertiary/aromatic N) is 2. The molecule has 5 nitrogen and oxygen atoms in total. The average molecular weight is 472 g/mol. The maximum atomic E-state index is 12.4. The third-order valence-corrected chi connectivity index (χ3v) is 4.95. The number of benzene rings is 2. The van der Waals surface area contributed by atoms with E-state index in [0.717, 1.165) is 4.47 Å². The van der Waals surface area contributed by atoms with Crippen LogP contribution in [0.25, 0.3) is 0 Å². The molecule has 156 valence electrons. The summed E-state index contributed by atoms with van der Waals surface area (Å²) in [5.74, 6) is 1.15. The fourth-order valence-corrected chi connectivity index (χ4v) is 3.27. The molecule has 0 aliphatic carbocycles. The van der Waals surface area contributed by atoms with Crippen LogP contribution in [0.4, 0.5) is 18.9 Å². The summed E-state index contributed by atoms with van der Waals surface area (Å²) in [6.07, 6.45) is -4.19. The molecule has 0 radical (unpaired) electrons. The molecule has 3 rings (SSSR count). The Morgan fingerprint density at radius 1 is 0.931 bits per heavy atom. The van der Waals surface area contributed by atoms with Crippen LogP contribution in [0.15, 0.2) is 53.0 Å². The van der Waals surface area contributed by atoms with E-state index in [1.807, 2.05) is 29.2 Å². The lowest BCUT2D eigenvalue weighted by molar-refractivity contribution is -0.149. The van der Waals surface area contributed by atoms with E-state index in [2.05, 4.69) is 21.2 Å². The van der Waals surface area contributed by atoms with E-state index in [-0.39, 0.29) is 12.5 Å². The van der Waals surface area contributed by atoms with Crippen molar-refractivity contribution in [2.24, 2.45) is 0 Å². The summed E-state index contributed by atoms with van der Waals surface area (Å²) < 4.78 is 44.0.